The Hall–Kier alpha value is -11.5. The molecule has 0 bridgehead atoms. The molecule has 12 rings (SSSR count). The molecule has 2 heterocycles. The zero-order valence-corrected chi connectivity index (χ0v) is 40.8. The van der Waals surface area contributed by atoms with Gasteiger partial charge in [-0.25, -0.2) is 0 Å². The summed E-state index contributed by atoms with van der Waals surface area (Å²) < 4.78 is 47.6. The van der Waals surface area contributed by atoms with Crippen molar-refractivity contribution in [1.29, 1.82) is 31.6 Å². The van der Waals surface area contributed by atoms with E-state index in [9.17, 15) is 44.7 Å². The first-order valence-electron chi connectivity index (χ1n) is 24.4. The number of hydrogen-bond acceptors (Lipinski definition) is 6. The molecule has 10 aromatic carbocycles. The lowest BCUT2D eigenvalue weighted by Crippen LogP contribution is -2.07. The molecule has 0 saturated heterocycles. The van der Waals surface area contributed by atoms with E-state index in [4.69, 9.17) is 0 Å². The molecule has 0 N–H and O–H groups in total. The van der Waals surface area contributed by atoms with Gasteiger partial charge in [-0.2, -0.15) is 44.7 Å². The van der Waals surface area contributed by atoms with Gasteiger partial charge < -0.3 is 9.13 Å². The Morgan fingerprint density at radius 2 is 0.603 bits per heavy atom. The van der Waals surface area contributed by atoms with Crippen LogP contribution in [0.15, 0.2) is 200 Å². The monoisotopic (exact) mass is 1010 g/mol. The third kappa shape index (κ3) is 8.08. The van der Waals surface area contributed by atoms with E-state index in [1.54, 1.807) is 60.7 Å². The maximum Gasteiger partial charge on any atom is 0.416 e. The van der Waals surface area contributed by atoms with Gasteiger partial charge in [-0.15, -0.1) is 0 Å². The molecule has 0 radical (unpaired) electrons. The Bertz CT molecular complexity index is 4520. The van der Waals surface area contributed by atoms with Gasteiger partial charge in [-0.3, -0.25) is 0 Å². The number of aromatic nitrogens is 2. The summed E-state index contributed by atoms with van der Waals surface area (Å²) in [7, 11) is 0. The molecule has 0 aliphatic heterocycles. The van der Waals surface area contributed by atoms with E-state index in [1.807, 2.05) is 130 Å². The molecule has 0 spiro atoms. The van der Waals surface area contributed by atoms with Crippen molar-refractivity contribution < 1.29 is 13.2 Å². The maximum absolute atomic E-state index is 14.5. The first kappa shape index (κ1) is 47.5. The predicted molar refractivity (Wildman–Crippen MR) is 296 cm³/mol. The Morgan fingerprint density at radius 1 is 0.282 bits per heavy atom. The second-order valence-corrected chi connectivity index (χ2v) is 18.7. The average Bonchev–Trinajstić information content (AvgIpc) is 4.16. The van der Waals surface area contributed by atoms with Gasteiger partial charge in [-0.05, 0) is 142 Å². The van der Waals surface area contributed by atoms with Crippen molar-refractivity contribution in [2.24, 2.45) is 0 Å². The van der Waals surface area contributed by atoms with Crippen molar-refractivity contribution in [3.63, 3.8) is 0 Å². The molecule has 78 heavy (non-hydrogen) atoms. The summed E-state index contributed by atoms with van der Waals surface area (Å²) in [6.45, 7) is 0. The second kappa shape index (κ2) is 18.8. The molecule has 0 fully saturated rings. The largest absolute Gasteiger partial charge is 0.416 e. The van der Waals surface area contributed by atoms with E-state index < -0.39 is 11.7 Å². The topological polar surface area (TPSA) is 153 Å². The van der Waals surface area contributed by atoms with E-state index >= 15 is 0 Å². The highest BCUT2D eigenvalue weighted by Crippen LogP contribution is 2.45. The normalized spacial score (nSPS) is 11.2. The molecule has 2 aromatic heterocycles. The van der Waals surface area contributed by atoms with Crippen LogP contribution in [0.5, 0.6) is 0 Å². The fourth-order valence-corrected chi connectivity index (χ4v) is 10.5. The van der Waals surface area contributed by atoms with Gasteiger partial charge in [0.15, 0.2) is 0 Å². The number of hydrogen-bond donors (Lipinski definition) is 0. The van der Waals surface area contributed by atoms with Crippen LogP contribution in [0.25, 0.3) is 111 Å². The number of rotatable bonds is 7. The van der Waals surface area contributed by atoms with E-state index in [2.05, 4.69) is 36.4 Å². The van der Waals surface area contributed by atoms with Crippen molar-refractivity contribution in [1.82, 2.24) is 9.13 Å². The summed E-state index contributed by atoms with van der Waals surface area (Å²) in [5.41, 5.74) is 11.5. The van der Waals surface area contributed by atoms with Gasteiger partial charge in [0, 0.05) is 32.7 Å². The summed E-state index contributed by atoms with van der Waals surface area (Å²) >= 11 is 0. The lowest BCUT2D eigenvalue weighted by atomic mass is 9.94. The molecule has 0 unspecified atom stereocenters. The molecule has 0 aliphatic rings. The number of alkyl halides is 3. The van der Waals surface area contributed by atoms with Crippen molar-refractivity contribution in [3.8, 4) is 103 Å². The summed E-state index contributed by atoms with van der Waals surface area (Å²) in [6, 6.07) is 72.7. The number of nitriles is 6. The van der Waals surface area contributed by atoms with Crippen molar-refractivity contribution in [2.75, 3.05) is 0 Å². The van der Waals surface area contributed by atoms with Crippen LogP contribution in [-0.4, -0.2) is 9.13 Å². The summed E-state index contributed by atoms with van der Waals surface area (Å²) in [6.07, 6.45) is -4.76. The smallest absolute Gasteiger partial charge is 0.309 e. The molecule has 0 atom stereocenters. The van der Waals surface area contributed by atoms with Crippen LogP contribution in [-0.2, 0) is 6.18 Å². The van der Waals surface area contributed by atoms with E-state index in [-0.39, 0.29) is 16.7 Å². The SMILES string of the molecule is N#Cc1ccc(-c2ccc3c4ccc(-c5ccc(C#N)cc5)cc4n(-c4cc(-c5ccc(C(F)(F)F)cc5C#N)c(-n5c6cc(-c7ccc(C#N)cc7)ccc6c6ccc(-c7ccc(C#N)cc7)cc65)cc4C#N)c3c2)cc1. The fourth-order valence-electron chi connectivity index (χ4n) is 10.5. The van der Waals surface area contributed by atoms with Gasteiger partial charge in [0.1, 0.15) is 6.07 Å². The van der Waals surface area contributed by atoms with E-state index in [1.165, 1.54) is 6.07 Å². The van der Waals surface area contributed by atoms with Gasteiger partial charge in [0.25, 0.3) is 0 Å². The summed E-state index contributed by atoms with van der Waals surface area (Å²) in [5, 5.41) is 64.2. The standard InChI is InChI=1S/C67H33F3N8/c68-67(69,70)54-21-26-55(52(27-54)38-75)60-33-61(77-62-28-48(44-9-1-40(34-71)2-10-44)17-22-56(62)57-23-18-49(29-63(57)77)45-11-3-41(35-72)4-12-45)53(39-76)32-66(60)78-64-30-50(46-13-5-42(36-73)6-14-46)19-24-58(64)59-25-20-51(31-65(59)78)47-15-7-43(37-74)8-16-47/h1-33H. The summed E-state index contributed by atoms with van der Waals surface area (Å²) in [5.74, 6) is 0. The molecule has 362 valence electrons. The molecular weight excluding hydrogens is 974 g/mol. The Balaban J connectivity index is 1.21. The quantitative estimate of drug-likeness (QED) is 0.155. The van der Waals surface area contributed by atoms with E-state index in [0.29, 0.717) is 61.3 Å². The first-order valence-corrected chi connectivity index (χ1v) is 24.4. The third-order valence-corrected chi connectivity index (χ3v) is 14.4. The van der Waals surface area contributed by atoms with Gasteiger partial charge >= 0.3 is 6.18 Å². The number of benzene rings is 10. The number of nitrogens with zero attached hydrogens (tertiary/aromatic N) is 8. The van der Waals surface area contributed by atoms with Crippen LogP contribution in [0.2, 0.25) is 0 Å². The van der Waals surface area contributed by atoms with Crippen LogP contribution in [0, 0.1) is 68.0 Å². The van der Waals surface area contributed by atoms with Gasteiger partial charge in [-0.1, -0.05) is 103 Å². The lowest BCUT2D eigenvalue weighted by Gasteiger charge is -2.20. The van der Waals surface area contributed by atoms with Crippen LogP contribution in [0.1, 0.15) is 38.9 Å². The van der Waals surface area contributed by atoms with Crippen molar-refractivity contribution >= 4 is 43.6 Å². The number of fused-ring (bicyclic) bond motifs is 6. The average molecular weight is 1010 g/mol. The highest BCUT2D eigenvalue weighted by atomic mass is 19.4. The molecular formula is C67H33F3N8. The van der Waals surface area contributed by atoms with Crippen molar-refractivity contribution in [3.05, 3.63) is 239 Å². The van der Waals surface area contributed by atoms with Gasteiger partial charge in [0.2, 0.25) is 0 Å². The Kier molecular flexibility index (Phi) is 11.4. The minimum absolute atomic E-state index is 0.185. The van der Waals surface area contributed by atoms with Crippen LogP contribution >= 0.6 is 0 Å². The zero-order valence-electron chi connectivity index (χ0n) is 40.8. The van der Waals surface area contributed by atoms with E-state index in [0.717, 1.165) is 78.2 Å². The minimum atomic E-state index is -4.76. The lowest BCUT2D eigenvalue weighted by molar-refractivity contribution is -0.137. The van der Waals surface area contributed by atoms with Crippen LogP contribution in [0.4, 0.5) is 13.2 Å². The molecule has 11 heteroatoms. The first-order chi connectivity index (χ1) is 38.0. The summed E-state index contributed by atoms with van der Waals surface area (Å²) in [4.78, 5) is 0. The minimum Gasteiger partial charge on any atom is -0.309 e. The molecule has 12 aromatic rings. The second-order valence-electron chi connectivity index (χ2n) is 18.7. The third-order valence-electron chi connectivity index (χ3n) is 14.4. The van der Waals surface area contributed by atoms with Gasteiger partial charge in [0.05, 0.1) is 103 Å². The fraction of sp³-hybridized carbons (Fsp3) is 0.0149. The Labute approximate surface area is 444 Å². The van der Waals surface area contributed by atoms with Crippen LogP contribution < -0.4 is 0 Å². The molecule has 0 amide bonds. The predicted octanol–water partition coefficient (Wildman–Crippen LogP) is 16.5. The number of halogens is 3. The molecule has 8 nitrogen and oxygen atoms in total. The zero-order chi connectivity index (χ0) is 53.8. The highest BCUT2D eigenvalue weighted by molar-refractivity contribution is 6.13. The maximum atomic E-state index is 14.5. The molecule has 0 aliphatic carbocycles. The molecule has 0 saturated carbocycles. The van der Waals surface area contributed by atoms with Crippen LogP contribution in [0.3, 0.4) is 0 Å². The Morgan fingerprint density at radius 3 is 0.910 bits per heavy atom. The van der Waals surface area contributed by atoms with Crippen molar-refractivity contribution in [2.45, 2.75) is 6.18 Å². The highest BCUT2D eigenvalue weighted by Gasteiger charge is 2.32.